The van der Waals surface area contributed by atoms with Crippen molar-refractivity contribution in [3.63, 3.8) is 0 Å². The molecule has 3 aromatic rings. The van der Waals surface area contributed by atoms with Gasteiger partial charge >= 0.3 is 6.09 Å². The molecule has 2 fully saturated rings. The number of carbonyl (C=O) groups is 2. The summed E-state index contributed by atoms with van der Waals surface area (Å²) in [7, 11) is 0. The molecule has 172 valence electrons. The minimum Gasteiger partial charge on any atom is -0.440 e. The molecule has 4 heterocycles. The highest BCUT2D eigenvalue weighted by atomic mass is 32.1. The predicted octanol–water partition coefficient (Wildman–Crippen LogP) is 4.76. The van der Waals surface area contributed by atoms with E-state index in [1.807, 2.05) is 47.2 Å². The van der Waals surface area contributed by atoms with E-state index in [0.29, 0.717) is 37.4 Å². The molecule has 1 atom stereocenters. The lowest BCUT2D eigenvalue weighted by atomic mass is 9.70. The van der Waals surface area contributed by atoms with E-state index in [0.717, 1.165) is 22.0 Å². The van der Waals surface area contributed by atoms with E-state index in [2.05, 4.69) is 29.0 Å². The Morgan fingerprint density at radius 2 is 1.88 bits per heavy atom. The van der Waals surface area contributed by atoms with E-state index < -0.39 is 11.1 Å². The molecule has 5 rings (SSSR count). The van der Waals surface area contributed by atoms with Gasteiger partial charge in [0.25, 0.3) is 5.91 Å². The van der Waals surface area contributed by atoms with Gasteiger partial charge in [-0.15, -0.1) is 22.7 Å². The average molecular weight is 483 g/mol. The molecule has 0 saturated carbocycles. The number of amides is 2. The Bertz CT molecular complexity index is 1180. The highest BCUT2D eigenvalue weighted by molar-refractivity contribution is 7.11. The average Bonchev–Trinajstić information content (AvgIpc) is 3.49. The molecular weight excluding hydrogens is 456 g/mol. The Kier molecular flexibility index (Phi) is 5.49. The molecule has 33 heavy (non-hydrogen) atoms. The van der Waals surface area contributed by atoms with Gasteiger partial charge in [-0.25, -0.2) is 14.8 Å². The van der Waals surface area contributed by atoms with Gasteiger partial charge < -0.3 is 9.64 Å². The van der Waals surface area contributed by atoms with Crippen LogP contribution in [0.1, 0.15) is 51.4 Å². The fraction of sp³-hybridized carbons (Fsp3) is 0.417. The summed E-state index contributed by atoms with van der Waals surface area (Å²) in [6.07, 6.45) is 0.811. The number of ether oxygens (including phenoxy) is 1. The summed E-state index contributed by atoms with van der Waals surface area (Å²) in [6, 6.07) is 10.1. The molecule has 0 bridgehead atoms. The minimum atomic E-state index is -0.726. The molecule has 7 nitrogen and oxygen atoms in total. The monoisotopic (exact) mass is 482 g/mol. The third-order valence-electron chi connectivity index (χ3n) is 7.05. The molecule has 2 aliphatic heterocycles. The molecule has 1 spiro atoms. The lowest BCUT2D eigenvalue weighted by molar-refractivity contribution is -0.0551. The molecule has 1 aromatic carbocycles. The smallest absolute Gasteiger partial charge is 0.411 e. The molecule has 1 unspecified atom stereocenters. The number of hydrogen-bond donors (Lipinski definition) is 0. The molecular formula is C24H26N4O3S2. The van der Waals surface area contributed by atoms with Crippen LogP contribution in [0.3, 0.4) is 0 Å². The number of aromatic nitrogens is 2. The molecule has 2 aromatic heterocycles. The van der Waals surface area contributed by atoms with Crippen molar-refractivity contribution in [1.29, 1.82) is 0 Å². The Morgan fingerprint density at radius 1 is 1.15 bits per heavy atom. The number of aryl methyl sites for hydroxylation is 2. The summed E-state index contributed by atoms with van der Waals surface area (Å²) in [4.78, 5) is 39.5. The van der Waals surface area contributed by atoms with Crippen LogP contribution in [0.4, 0.5) is 4.79 Å². The fourth-order valence-electron chi connectivity index (χ4n) is 5.11. The van der Waals surface area contributed by atoms with Crippen molar-refractivity contribution in [3.05, 3.63) is 68.1 Å². The van der Waals surface area contributed by atoms with Crippen LogP contribution in [0.5, 0.6) is 0 Å². The Hall–Kier alpha value is -2.78. The van der Waals surface area contributed by atoms with Crippen LogP contribution in [0.2, 0.25) is 0 Å². The van der Waals surface area contributed by atoms with Gasteiger partial charge in [-0.05, 0) is 26.3 Å². The summed E-state index contributed by atoms with van der Waals surface area (Å²) in [6.45, 7) is 7.35. The largest absolute Gasteiger partial charge is 0.440 e. The normalized spacial score (nSPS) is 22.1. The Labute approximate surface area is 201 Å². The van der Waals surface area contributed by atoms with Crippen molar-refractivity contribution < 1.29 is 14.3 Å². The number of hydrogen-bond acceptors (Lipinski definition) is 7. The van der Waals surface area contributed by atoms with Crippen LogP contribution in [0.25, 0.3) is 0 Å². The van der Waals surface area contributed by atoms with Crippen LogP contribution in [-0.4, -0.2) is 50.5 Å². The molecule has 0 N–H and O–H groups in total. The summed E-state index contributed by atoms with van der Waals surface area (Å²) >= 11 is 2.95. The van der Waals surface area contributed by atoms with Crippen molar-refractivity contribution >= 4 is 34.7 Å². The molecule has 0 aliphatic carbocycles. The zero-order valence-corrected chi connectivity index (χ0v) is 20.5. The highest BCUT2D eigenvalue weighted by Crippen LogP contribution is 2.52. The zero-order chi connectivity index (χ0) is 23.2. The van der Waals surface area contributed by atoms with E-state index in [1.54, 1.807) is 16.8 Å². The van der Waals surface area contributed by atoms with Gasteiger partial charge in [-0.3, -0.25) is 9.69 Å². The van der Waals surface area contributed by atoms with Gasteiger partial charge in [-0.1, -0.05) is 30.3 Å². The van der Waals surface area contributed by atoms with Crippen molar-refractivity contribution in [1.82, 2.24) is 19.8 Å². The third-order valence-corrected chi connectivity index (χ3v) is 8.79. The minimum absolute atomic E-state index is 0.00499. The van der Waals surface area contributed by atoms with E-state index in [4.69, 9.17) is 4.74 Å². The fourth-order valence-corrected chi connectivity index (χ4v) is 6.48. The quantitative estimate of drug-likeness (QED) is 0.536. The van der Waals surface area contributed by atoms with Gasteiger partial charge in [0.1, 0.15) is 16.0 Å². The highest BCUT2D eigenvalue weighted by Gasteiger charge is 2.64. The van der Waals surface area contributed by atoms with Gasteiger partial charge in [-0.2, -0.15) is 0 Å². The number of nitrogens with zero attached hydrogens (tertiary/aromatic N) is 4. The van der Waals surface area contributed by atoms with E-state index in [1.165, 1.54) is 11.3 Å². The lowest BCUT2D eigenvalue weighted by Gasteiger charge is -2.48. The predicted molar refractivity (Wildman–Crippen MR) is 127 cm³/mol. The van der Waals surface area contributed by atoms with Crippen LogP contribution in [-0.2, 0) is 16.8 Å². The second-order valence-electron chi connectivity index (χ2n) is 8.80. The van der Waals surface area contributed by atoms with Gasteiger partial charge in [0.05, 0.1) is 28.5 Å². The second-order valence-corrected chi connectivity index (χ2v) is 10.7. The number of likely N-dealkylation sites (tertiary alicyclic amines) is 1. The second kappa shape index (κ2) is 8.22. The van der Waals surface area contributed by atoms with Gasteiger partial charge in [0.2, 0.25) is 0 Å². The molecule has 2 amide bonds. The first-order chi connectivity index (χ1) is 15.8. The van der Waals surface area contributed by atoms with Gasteiger partial charge in [0.15, 0.2) is 0 Å². The summed E-state index contributed by atoms with van der Waals surface area (Å²) in [5.74, 6) is 0.00499. The number of benzene rings is 1. The first kappa shape index (κ1) is 22.0. The van der Waals surface area contributed by atoms with Crippen molar-refractivity contribution in [2.75, 3.05) is 13.1 Å². The standard InChI is InChI=1S/C24H26N4O3S2/c1-16-20(33-15-25-16)21(29)27-11-9-24(10-12-27)23(3,18-7-5-4-6-8-18)28(22(30)31-24)13-19-14-32-17(2)26-19/h4-8,14-15H,9-13H2,1-3H3. The molecule has 0 radical (unpaired) electrons. The van der Waals surface area contributed by atoms with Crippen LogP contribution in [0.15, 0.2) is 41.2 Å². The summed E-state index contributed by atoms with van der Waals surface area (Å²) < 4.78 is 6.21. The number of rotatable bonds is 4. The topological polar surface area (TPSA) is 75.6 Å². The summed E-state index contributed by atoms with van der Waals surface area (Å²) in [5.41, 5.74) is 2.95. The number of carbonyl (C=O) groups excluding carboxylic acids is 2. The molecule has 2 aliphatic rings. The SMILES string of the molecule is Cc1nc(CN2C(=O)OC3(CCN(C(=O)c4scnc4C)CC3)C2(C)c2ccccc2)cs1. The van der Waals surface area contributed by atoms with E-state index in [-0.39, 0.29) is 12.0 Å². The maximum atomic E-state index is 13.3. The first-order valence-corrected chi connectivity index (χ1v) is 12.8. The van der Waals surface area contributed by atoms with Crippen molar-refractivity contribution in [2.45, 2.75) is 51.3 Å². The van der Waals surface area contributed by atoms with E-state index in [9.17, 15) is 9.59 Å². The van der Waals surface area contributed by atoms with Crippen molar-refractivity contribution in [3.8, 4) is 0 Å². The maximum Gasteiger partial charge on any atom is 0.411 e. The molecule has 9 heteroatoms. The number of thiazole rings is 2. The van der Waals surface area contributed by atoms with E-state index >= 15 is 0 Å². The maximum absolute atomic E-state index is 13.3. The zero-order valence-electron chi connectivity index (χ0n) is 18.9. The number of piperidine rings is 1. The Balaban J connectivity index is 1.47. The van der Waals surface area contributed by atoms with Crippen LogP contribution >= 0.6 is 22.7 Å². The Morgan fingerprint density at radius 3 is 2.48 bits per heavy atom. The van der Waals surface area contributed by atoms with Crippen molar-refractivity contribution in [2.24, 2.45) is 0 Å². The van der Waals surface area contributed by atoms with Crippen LogP contribution < -0.4 is 0 Å². The lowest BCUT2D eigenvalue weighted by Crippen LogP contribution is -2.58. The first-order valence-electron chi connectivity index (χ1n) is 11.0. The summed E-state index contributed by atoms with van der Waals surface area (Å²) in [5, 5.41) is 2.97. The third kappa shape index (κ3) is 3.54. The van der Waals surface area contributed by atoms with Gasteiger partial charge in [0, 0.05) is 31.3 Å². The molecule has 2 saturated heterocycles. The van der Waals surface area contributed by atoms with Crippen LogP contribution in [0, 0.1) is 13.8 Å².